The zero-order valence-corrected chi connectivity index (χ0v) is 13.1. The molecule has 1 aromatic rings. The summed E-state index contributed by atoms with van der Waals surface area (Å²) in [5.74, 6) is 0.322. The van der Waals surface area contributed by atoms with Crippen molar-refractivity contribution in [2.45, 2.75) is 20.3 Å². The Balaban J connectivity index is 2.16. The van der Waals surface area contributed by atoms with Gasteiger partial charge in [0.05, 0.1) is 5.56 Å². The van der Waals surface area contributed by atoms with Crippen molar-refractivity contribution in [1.29, 1.82) is 0 Å². The van der Waals surface area contributed by atoms with Crippen LogP contribution in [0, 0.1) is 5.82 Å². The predicted octanol–water partition coefficient (Wildman–Crippen LogP) is 1.81. The number of halogens is 1. The second kappa shape index (κ2) is 7.77. The lowest BCUT2D eigenvalue weighted by atomic mass is 10.1. The van der Waals surface area contributed by atoms with Crippen LogP contribution in [0.1, 0.15) is 25.8 Å². The van der Waals surface area contributed by atoms with Gasteiger partial charge in [0.15, 0.2) is 6.61 Å². The molecule has 0 aromatic heterocycles. The molecule has 6 heteroatoms. The van der Waals surface area contributed by atoms with Gasteiger partial charge in [-0.05, 0) is 32.4 Å². The Labute approximate surface area is 130 Å². The average Bonchev–Trinajstić information content (AvgIpc) is 2.55. The topological polar surface area (TPSA) is 53.9 Å². The zero-order chi connectivity index (χ0) is 15.9. The second-order valence-corrected chi connectivity index (χ2v) is 4.98. The van der Waals surface area contributed by atoms with Crippen LogP contribution in [0.4, 0.5) is 4.39 Å². The summed E-state index contributed by atoms with van der Waals surface area (Å²) in [6.45, 7) is 6.39. The Kier molecular flexibility index (Phi) is 5.75. The van der Waals surface area contributed by atoms with Crippen LogP contribution < -0.4 is 10.1 Å². The van der Waals surface area contributed by atoms with E-state index < -0.39 is 5.82 Å². The lowest BCUT2D eigenvalue weighted by molar-refractivity contribution is -0.132. The number of nitrogens with one attached hydrogen (secondary N) is 1. The minimum atomic E-state index is -0.402. The second-order valence-electron chi connectivity index (χ2n) is 4.98. The molecule has 0 saturated carbocycles. The van der Waals surface area contributed by atoms with Crippen LogP contribution >= 0.6 is 0 Å². The minimum Gasteiger partial charge on any atom is -0.483 e. The molecular formula is C16H22FN3O2. The number of amidine groups is 1. The number of hydrogen-bond acceptors (Lipinski definition) is 4. The first-order valence-corrected chi connectivity index (χ1v) is 7.65. The van der Waals surface area contributed by atoms with Gasteiger partial charge in [0.25, 0.3) is 5.91 Å². The molecule has 0 unspecified atom stereocenters. The Hall–Kier alpha value is -2.11. The summed E-state index contributed by atoms with van der Waals surface area (Å²) >= 11 is 0. The minimum absolute atomic E-state index is 0.106. The Morgan fingerprint density at radius 3 is 2.82 bits per heavy atom. The molecule has 0 fully saturated rings. The van der Waals surface area contributed by atoms with E-state index >= 15 is 0 Å². The molecule has 120 valence electrons. The molecule has 1 aliphatic rings. The fourth-order valence-corrected chi connectivity index (χ4v) is 2.36. The summed E-state index contributed by atoms with van der Waals surface area (Å²) in [7, 11) is 0. The van der Waals surface area contributed by atoms with Crippen molar-refractivity contribution in [2.75, 3.05) is 32.8 Å². The van der Waals surface area contributed by atoms with E-state index in [1.54, 1.807) is 17.0 Å². The quantitative estimate of drug-likeness (QED) is 0.872. The van der Waals surface area contributed by atoms with Crippen molar-refractivity contribution in [3.05, 3.63) is 29.6 Å². The van der Waals surface area contributed by atoms with E-state index in [0.717, 1.165) is 13.0 Å². The lowest BCUT2D eigenvalue weighted by Crippen LogP contribution is -2.35. The molecule has 0 spiro atoms. The largest absolute Gasteiger partial charge is 0.483 e. The third-order valence-corrected chi connectivity index (χ3v) is 3.58. The highest BCUT2D eigenvalue weighted by atomic mass is 19.1. The summed E-state index contributed by atoms with van der Waals surface area (Å²) in [5, 5.41) is 3.08. The Bertz CT molecular complexity index is 556. The van der Waals surface area contributed by atoms with Crippen molar-refractivity contribution < 1.29 is 13.9 Å². The van der Waals surface area contributed by atoms with Crippen LogP contribution in [0.3, 0.4) is 0 Å². The standard InChI is InChI=1S/C16H22FN3O2/c1-3-20(4-2)14(21)11-22-13-8-5-7-12(17)15(13)16-18-9-6-10-19-16/h5,7-8H,3-4,6,9-11H2,1-2H3,(H,18,19). The summed E-state index contributed by atoms with van der Waals surface area (Å²) < 4.78 is 19.7. The van der Waals surface area contributed by atoms with Crippen LogP contribution in [-0.2, 0) is 4.79 Å². The maximum absolute atomic E-state index is 14.2. The number of likely N-dealkylation sites (N-methyl/N-ethyl adjacent to an activating group) is 1. The summed E-state index contributed by atoms with van der Waals surface area (Å²) in [6.07, 6.45) is 0.925. The van der Waals surface area contributed by atoms with Gasteiger partial charge >= 0.3 is 0 Å². The molecule has 1 heterocycles. The van der Waals surface area contributed by atoms with Crippen LogP contribution in [0.2, 0.25) is 0 Å². The molecule has 1 amide bonds. The van der Waals surface area contributed by atoms with E-state index in [1.165, 1.54) is 6.07 Å². The summed E-state index contributed by atoms with van der Waals surface area (Å²) in [4.78, 5) is 18.0. The molecule has 22 heavy (non-hydrogen) atoms. The first kappa shape index (κ1) is 16.3. The zero-order valence-electron chi connectivity index (χ0n) is 13.1. The highest BCUT2D eigenvalue weighted by molar-refractivity contribution is 6.01. The van der Waals surface area contributed by atoms with Gasteiger partial charge in [-0.2, -0.15) is 0 Å². The van der Waals surface area contributed by atoms with Crippen LogP contribution in [0.15, 0.2) is 23.2 Å². The lowest BCUT2D eigenvalue weighted by Gasteiger charge is -2.21. The molecule has 0 bridgehead atoms. The number of amides is 1. The van der Waals surface area contributed by atoms with Crippen LogP contribution in [0.5, 0.6) is 5.75 Å². The molecule has 0 saturated heterocycles. The number of rotatable bonds is 6. The maximum atomic E-state index is 14.2. The van der Waals surface area contributed by atoms with Gasteiger partial charge in [-0.25, -0.2) is 4.39 Å². The van der Waals surface area contributed by atoms with E-state index in [-0.39, 0.29) is 12.5 Å². The maximum Gasteiger partial charge on any atom is 0.260 e. The number of aliphatic imine (C=N–C) groups is 1. The van der Waals surface area contributed by atoms with Crippen molar-refractivity contribution in [3.63, 3.8) is 0 Å². The van der Waals surface area contributed by atoms with Crippen molar-refractivity contribution in [2.24, 2.45) is 4.99 Å². The molecule has 1 aliphatic heterocycles. The van der Waals surface area contributed by atoms with Gasteiger partial charge in [0, 0.05) is 26.2 Å². The third-order valence-electron chi connectivity index (χ3n) is 3.58. The van der Waals surface area contributed by atoms with Gasteiger partial charge in [0.1, 0.15) is 17.4 Å². The third kappa shape index (κ3) is 3.75. The number of ether oxygens (including phenoxy) is 1. The van der Waals surface area contributed by atoms with Gasteiger partial charge in [-0.15, -0.1) is 0 Å². The monoisotopic (exact) mass is 307 g/mol. The van der Waals surface area contributed by atoms with E-state index in [4.69, 9.17) is 4.74 Å². The molecule has 1 N–H and O–H groups in total. The molecule has 0 radical (unpaired) electrons. The number of benzene rings is 1. The van der Waals surface area contributed by atoms with Gasteiger partial charge in [-0.1, -0.05) is 6.07 Å². The SMILES string of the molecule is CCN(CC)C(=O)COc1cccc(F)c1C1=NCCCN1. The number of hydrogen-bond donors (Lipinski definition) is 1. The number of nitrogens with zero attached hydrogens (tertiary/aromatic N) is 2. The fourth-order valence-electron chi connectivity index (χ4n) is 2.36. The smallest absolute Gasteiger partial charge is 0.260 e. The first-order valence-electron chi connectivity index (χ1n) is 7.65. The molecule has 0 aliphatic carbocycles. The van der Waals surface area contributed by atoms with E-state index in [0.29, 0.717) is 36.8 Å². The fraction of sp³-hybridized carbons (Fsp3) is 0.500. The van der Waals surface area contributed by atoms with E-state index in [9.17, 15) is 9.18 Å². The predicted molar refractivity (Wildman–Crippen MR) is 83.8 cm³/mol. The van der Waals surface area contributed by atoms with Gasteiger partial charge in [-0.3, -0.25) is 9.79 Å². The summed E-state index contributed by atoms with van der Waals surface area (Å²) in [5.41, 5.74) is 0.301. The molecule has 2 rings (SSSR count). The molecular weight excluding hydrogens is 285 g/mol. The van der Waals surface area contributed by atoms with Crippen molar-refractivity contribution in [1.82, 2.24) is 10.2 Å². The van der Waals surface area contributed by atoms with Gasteiger partial charge < -0.3 is 15.0 Å². The van der Waals surface area contributed by atoms with Crippen molar-refractivity contribution in [3.8, 4) is 5.75 Å². The van der Waals surface area contributed by atoms with E-state index in [1.807, 2.05) is 13.8 Å². The molecule has 1 aromatic carbocycles. The normalized spacial score (nSPS) is 14.0. The summed E-state index contributed by atoms with van der Waals surface area (Å²) in [6, 6.07) is 4.60. The molecule has 5 nitrogen and oxygen atoms in total. The number of carbonyl (C=O) groups is 1. The van der Waals surface area contributed by atoms with Gasteiger partial charge in [0.2, 0.25) is 0 Å². The average molecular weight is 307 g/mol. The number of carbonyl (C=O) groups excluding carboxylic acids is 1. The van der Waals surface area contributed by atoms with Crippen LogP contribution in [0.25, 0.3) is 0 Å². The first-order chi connectivity index (χ1) is 10.7. The van der Waals surface area contributed by atoms with E-state index in [2.05, 4.69) is 10.3 Å². The van der Waals surface area contributed by atoms with Crippen molar-refractivity contribution >= 4 is 11.7 Å². The van der Waals surface area contributed by atoms with Crippen LogP contribution in [-0.4, -0.2) is 49.4 Å². The Morgan fingerprint density at radius 2 is 2.18 bits per heavy atom. The Morgan fingerprint density at radius 1 is 1.41 bits per heavy atom. The highest BCUT2D eigenvalue weighted by Gasteiger charge is 2.19. The molecule has 0 atom stereocenters. The highest BCUT2D eigenvalue weighted by Crippen LogP contribution is 2.22.